The lowest BCUT2D eigenvalue weighted by Gasteiger charge is -2.59. The lowest BCUT2D eigenvalue weighted by atomic mass is 9.46. The SMILES string of the molecule is CC(=O)O[C@H]1[C@H](O[C@@H]2C[C@H]3[C@@H]4CC=C5C[C@@H](O)CC[C@]5(C)[C@H]4CC[C@]3(C)[C@@]2(O)[C@H](C)C(=O)CCC(C)C)OC[C@H](O)[C@@H]1O[C@@H]1OC[C@@H](O)[C@H](O)[C@H]1OC(=O)C=Cc1ccccc1. The zero-order valence-electron chi connectivity index (χ0n) is 37.0. The fourth-order valence-electron chi connectivity index (χ4n) is 12.1. The number of fused-ring (bicyclic) bond motifs is 5. The number of ketones is 1. The van der Waals surface area contributed by atoms with Crippen molar-refractivity contribution >= 4 is 23.8 Å². The van der Waals surface area contributed by atoms with Gasteiger partial charge in [-0.3, -0.25) is 9.59 Å². The molecule has 3 saturated carbocycles. The van der Waals surface area contributed by atoms with Crippen molar-refractivity contribution in [3.8, 4) is 0 Å². The molecule has 5 N–H and O–H groups in total. The second-order valence-electron chi connectivity index (χ2n) is 19.8. The van der Waals surface area contributed by atoms with E-state index < -0.39 is 90.8 Å². The Morgan fingerprint density at radius 1 is 0.871 bits per heavy atom. The van der Waals surface area contributed by atoms with Gasteiger partial charge in [0.2, 0.25) is 0 Å². The predicted molar refractivity (Wildman–Crippen MR) is 224 cm³/mol. The van der Waals surface area contributed by atoms with Gasteiger partial charge in [-0.05, 0) is 92.1 Å². The van der Waals surface area contributed by atoms with E-state index in [9.17, 15) is 39.9 Å². The topological polar surface area (TPSA) is 208 Å². The van der Waals surface area contributed by atoms with Crippen molar-refractivity contribution < 1.29 is 68.3 Å². The molecule has 4 aliphatic carbocycles. The number of carbonyl (C=O) groups is 3. The monoisotopic (exact) mass is 868 g/mol. The molecule has 1 aromatic carbocycles. The number of ether oxygens (including phenoxy) is 6. The molecule has 0 radical (unpaired) electrons. The normalized spacial score (nSPS) is 42.3. The zero-order chi connectivity index (χ0) is 44.7. The Balaban J connectivity index is 1.17. The van der Waals surface area contributed by atoms with Gasteiger partial charge < -0.3 is 54.0 Å². The number of aliphatic hydroxyl groups is 5. The highest BCUT2D eigenvalue weighted by molar-refractivity contribution is 5.87. The minimum absolute atomic E-state index is 0.0542. The maximum atomic E-state index is 14.1. The van der Waals surface area contributed by atoms with Crippen molar-refractivity contribution in [2.75, 3.05) is 13.2 Å². The van der Waals surface area contributed by atoms with Crippen molar-refractivity contribution in [3.63, 3.8) is 0 Å². The van der Waals surface area contributed by atoms with Crippen LogP contribution in [-0.2, 0) is 42.8 Å². The highest BCUT2D eigenvalue weighted by Crippen LogP contribution is 2.69. The smallest absolute Gasteiger partial charge is 0.331 e. The summed E-state index contributed by atoms with van der Waals surface area (Å²) in [5.41, 5.74) is -0.462. The molecule has 2 saturated heterocycles. The third-order valence-corrected chi connectivity index (χ3v) is 15.6. The molecule has 0 amide bonds. The number of hydrogen-bond acceptors (Lipinski definition) is 14. The number of Topliss-reactive ketones (excluding diaryl/α,β-unsaturated/α-hetero) is 1. The molecule has 344 valence electrons. The minimum atomic E-state index is -1.67. The van der Waals surface area contributed by atoms with E-state index in [1.165, 1.54) is 18.6 Å². The van der Waals surface area contributed by atoms with Crippen molar-refractivity contribution in [3.05, 3.63) is 53.6 Å². The van der Waals surface area contributed by atoms with Gasteiger partial charge in [0, 0.05) is 30.8 Å². The molecule has 7 rings (SSSR count). The first kappa shape index (κ1) is 46.9. The van der Waals surface area contributed by atoms with Gasteiger partial charge in [-0.15, -0.1) is 0 Å². The van der Waals surface area contributed by atoms with Gasteiger partial charge in [-0.1, -0.05) is 76.6 Å². The first-order chi connectivity index (χ1) is 29.4. The fourth-order valence-corrected chi connectivity index (χ4v) is 12.1. The number of aliphatic hydroxyl groups excluding tert-OH is 4. The molecule has 0 aromatic heterocycles. The number of hydrogen-bond donors (Lipinski definition) is 5. The largest absolute Gasteiger partial charge is 0.454 e. The number of allylic oxidation sites excluding steroid dienone is 1. The molecule has 0 spiro atoms. The second-order valence-corrected chi connectivity index (χ2v) is 19.8. The predicted octanol–water partition coefficient (Wildman–Crippen LogP) is 4.42. The highest BCUT2D eigenvalue weighted by atomic mass is 16.8. The van der Waals surface area contributed by atoms with Crippen molar-refractivity contribution in [2.24, 2.45) is 40.4 Å². The number of benzene rings is 1. The molecular weight excluding hydrogens is 801 g/mol. The third kappa shape index (κ3) is 8.97. The van der Waals surface area contributed by atoms with Gasteiger partial charge in [0.15, 0.2) is 24.8 Å². The molecule has 0 bridgehead atoms. The van der Waals surface area contributed by atoms with Crippen LogP contribution in [0.1, 0.15) is 105 Å². The van der Waals surface area contributed by atoms with Crippen LogP contribution in [0.15, 0.2) is 48.1 Å². The molecule has 1 aromatic rings. The first-order valence-corrected chi connectivity index (χ1v) is 22.7. The van der Waals surface area contributed by atoms with Gasteiger partial charge in [-0.2, -0.15) is 0 Å². The minimum Gasteiger partial charge on any atom is -0.454 e. The molecule has 2 heterocycles. The second kappa shape index (κ2) is 18.8. The van der Waals surface area contributed by atoms with Crippen LogP contribution in [0, 0.1) is 40.4 Å². The Bertz CT molecular complexity index is 1820. The van der Waals surface area contributed by atoms with E-state index in [4.69, 9.17) is 28.4 Å². The van der Waals surface area contributed by atoms with E-state index in [1.807, 2.05) is 6.07 Å². The summed E-state index contributed by atoms with van der Waals surface area (Å²) < 4.78 is 36.4. The van der Waals surface area contributed by atoms with Crippen LogP contribution in [0.5, 0.6) is 0 Å². The van der Waals surface area contributed by atoms with Gasteiger partial charge in [0.1, 0.15) is 35.8 Å². The Kier molecular flexibility index (Phi) is 14.2. The van der Waals surface area contributed by atoms with Crippen LogP contribution in [0.2, 0.25) is 0 Å². The lowest BCUT2D eigenvalue weighted by molar-refractivity contribution is -0.346. The first-order valence-electron chi connectivity index (χ1n) is 22.7. The number of carbonyl (C=O) groups excluding carboxylic acids is 3. The molecule has 2 aliphatic heterocycles. The van der Waals surface area contributed by atoms with Crippen molar-refractivity contribution in [1.82, 2.24) is 0 Å². The molecule has 14 heteroatoms. The lowest BCUT2D eigenvalue weighted by Crippen LogP contribution is -2.64. The number of rotatable bonds is 13. The highest BCUT2D eigenvalue weighted by Gasteiger charge is 2.70. The van der Waals surface area contributed by atoms with Crippen LogP contribution in [-0.4, -0.2) is 123 Å². The van der Waals surface area contributed by atoms with Crippen LogP contribution in [0.4, 0.5) is 0 Å². The summed E-state index contributed by atoms with van der Waals surface area (Å²) in [5.74, 6) is -1.77. The van der Waals surface area contributed by atoms with E-state index >= 15 is 0 Å². The van der Waals surface area contributed by atoms with Crippen LogP contribution >= 0.6 is 0 Å². The molecule has 62 heavy (non-hydrogen) atoms. The van der Waals surface area contributed by atoms with Crippen LogP contribution in [0.3, 0.4) is 0 Å². The average molecular weight is 869 g/mol. The third-order valence-electron chi connectivity index (χ3n) is 15.6. The van der Waals surface area contributed by atoms with E-state index in [-0.39, 0.29) is 41.7 Å². The summed E-state index contributed by atoms with van der Waals surface area (Å²) in [6.07, 6.45) is -2.27. The fraction of sp³-hybridized carbons (Fsp3) is 0.729. The number of esters is 2. The standard InChI is InChI=1S/C48H68O14/c1-26(2)12-16-35(51)27(3)48(56)38(23-34-32-15-14-30-22-31(50)18-20-46(30,5)33(32)19-21-47(34,48)6)60-45-43(59-28(4)49)41(37(53)25-58-45)62-44-42(40(55)36(52)24-57-44)61-39(54)17-13-29-10-8-7-9-11-29/h7-11,13-14,17,26-27,31-34,36-38,40-45,50,52-53,55-56H,12,15-16,18-25H2,1-6H3/t27-,31+,32-,33+,34+,36-,37+,38-,40+,41+,42-,43-,44+,45+,46+,47+,48-/m1/s1. The van der Waals surface area contributed by atoms with Crippen LogP contribution in [0.25, 0.3) is 6.08 Å². The van der Waals surface area contributed by atoms with Crippen molar-refractivity contribution in [1.29, 1.82) is 0 Å². The van der Waals surface area contributed by atoms with Crippen molar-refractivity contribution in [2.45, 2.75) is 166 Å². The quantitative estimate of drug-likeness (QED) is 0.106. The van der Waals surface area contributed by atoms with E-state index in [0.29, 0.717) is 38.0 Å². The molecule has 5 fully saturated rings. The maximum Gasteiger partial charge on any atom is 0.331 e. The summed E-state index contributed by atoms with van der Waals surface area (Å²) in [6, 6.07) is 9.01. The van der Waals surface area contributed by atoms with Gasteiger partial charge in [-0.25, -0.2) is 4.79 Å². The Hall–Kier alpha value is -3.05. The summed E-state index contributed by atoms with van der Waals surface area (Å²) in [5, 5.41) is 57.0. The van der Waals surface area contributed by atoms with Crippen LogP contribution < -0.4 is 0 Å². The molecule has 6 aliphatic rings. The summed E-state index contributed by atoms with van der Waals surface area (Å²) in [4.78, 5) is 40.0. The molecule has 14 nitrogen and oxygen atoms in total. The van der Waals surface area contributed by atoms with E-state index in [1.54, 1.807) is 31.2 Å². The molecule has 0 unspecified atom stereocenters. The Labute approximate surface area is 364 Å². The summed E-state index contributed by atoms with van der Waals surface area (Å²) in [7, 11) is 0. The average Bonchev–Trinajstić information content (AvgIpc) is 3.47. The summed E-state index contributed by atoms with van der Waals surface area (Å²) in [6.45, 7) is 10.8. The zero-order valence-corrected chi connectivity index (χ0v) is 37.0. The van der Waals surface area contributed by atoms with Gasteiger partial charge >= 0.3 is 11.9 Å². The molecular formula is C48H68O14. The Morgan fingerprint density at radius 2 is 1.56 bits per heavy atom. The Morgan fingerprint density at radius 3 is 2.26 bits per heavy atom. The van der Waals surface area contributed by atoms with E-state index in [0.717, 1.165) is 37.3 Å². The van der Waals surface area contributed by atoms with Gasteiger partial charge in [0.25, 0.3) is 0 Å². The summed E-state index contributed by atoms with van der Waals surface area (Å²) >= 11 is 0. The van der Waals surface area contributed by atoms with E-state index in [2.05, 4.69) is 33.8 Å². The van der Waals surface area contributed by atoms with Gasteiger partial charge in [0.05, 0.1) is 25.4 Å². The maximum absolute atomic E-state index is 14.1. The molecule has 17 atom stereocenters.